The van der Waals surface area contributed by atoms with Gasteiger partial charge < -0.3 is 14.2 Å². The highest BCUT2D eigenvalue weighted by atomic mass is 16.6. The molecule has 0 N–H and O–H groups in total. The molecule has 4 rings (SSSR count). The SMILES string of the molecule is CC(=O)c1nc2ccccc2n1C1CCCN(C(=O)OCc2ccccc2)C1. The predicted molar refractivity (Wildman–Crippen MR) is 106 cm³/mol. The zero-order valence-corrected chi connectivity index (χ0v) is 15.9. The lowest BCUT2D eigenvalue weighted by Crippen LogP contribution is -2.41. The first-order chi connectivity index (χ1) is 13.6. The Labute approximate surface area is 163 Å². The van der Waals surface area contributed by atoms with E-state index in [0.717, 1.165) is 29.4 Å². The van der Waals surface area contributed by atoms with E-state index in [9.17, 15) is 9.59 Å². The molecular weight excluding hydrogens is 354 g/mol. The smallest absolute Gasteiger partial charge is 0.410 e. The summed E-state index contributed by atoms with van der Waals surface area (Å²) in [6.07, 6.45) is 1.43. The van der Waals surface area contributed by atoms with E-state index in [1.165, 1.54) is 6.92 Å². The number of likely N-dealkylation sites (tertiary alicyclic amines) is 1. The summed E-state index contributed by atoms with van der Waals surface area (Å²) in [5.41, 5.74) is 2.69. The van der Waals surface area contributed by atoms with E-state index >= 15 is 0 Å². The van der Waals surface area contributed by atoms with E-state index in [0.29, 0.717) is 18.9 Å². The van der Waals surface area contributed by atoms with Crippen LogP contribution in [0.2, 0.25) is 0 Å². The summed E-state index contributed by atoms with van der Waals surface area (Å²) in [4.78, 5) is 31.0. The van der Waals surface area contributed by atoms with Gasteiger partial charge in [-0.3, -0.25) is 4.79 Å². The fraction of sp³-hybridized carbons (Fsp3) is 0.318. The third-order valence-electron chi connectivity index (χ3n) is 5.14. The molecule has 0 saturated carbocycles. The normalized spacial score (nSPS) is 16.9. The highest BCUT2D eigenvalue weighted by Crippen LogP contribution is 2.28. The largest absolute Gasteiger partial charge is 0.445 e. The van der Waals surface area contributed by atoms with Gasteiger partial charge in [-0.05, 0) is 30.5 Å². The van der Waals surface area contributed by atoms with Crippen LogP contribution in [-0.4, -0.2) is 39.4 Å². The number of benzene rings is 2. The number of carbonyl (C=O) groups excluding carboxylic acids is 2. The lowest BCUT2D eigenvalue weighted by Gasteiger charge is -2.33. The summed E-state index contributed by atoms with van der Waals surface area (Å²) in [5.74, 6) is 0.380. The maximum atomic E-state index is 12.6. The van der Waals surface area contributed by atoms with Crippen molar-refractivity contribution < 1.29 is 14.3 Å². The Morgan fingerprint density at radius 3 is 2.64 bits per heavy atom. The van der Waals surface area contributed by atoms with E-state index in [1.54, 1.807) is 4.90 Å². The number of Topliss-reactive ketones (excluding diaryl/α,β-unsaturated/α-hetero) is 1. The number of imidazole rings is 1. The molecule has 1 aliphatic heterocycles. The Morgan fingerprint density at radius 2 is 1.86 bits per heavy atom. The van der Waals surface area contributed by atoms with Crippen molar-refractivity contribution in [2.24, 2.45) is 0 Å². The van der Waals surface area contributed by atoms with Crippen molar-refractivity contribution in [3.63, 3.8) is 0 Å². The summed E-state index contributed by atoms with van der Waals surface area (Å²) >= 11 is 0. The van der Waals surface area contributed by atoms with Gasteiger partial charge in [0.25, 0.3) is 0 Å². The predicted octanol–water partition coefficient (Wildman–Crippen LogP) is 4.21. The maximum absolute atomic E-state index is 12.6. The van der Waals surface area contributed by atoms with Crippen molar-refractivity contribution in [3.8, 4) is 0 Å². The van der Waals surface area contributed by atoms with Crippen LogP contribution in [0.25, 0.3) is 11.0 Å². The zero-order chi connectivity index (χ0) is 19.5. The van der Waals surface area contributed by atoms with Gasteiger partial charge in [-0.25, -0.2) is 9.78 Å². The Bertz CT molecular complexity index is 997. The van der Waals surface area contributed by atoms with Crippen molar-refractivity contribution in [1.29, 1.82) is 0 Å². The Hall–Kier alpha value is -3.15. The number of amides is 1. The van der Waals surface area contributed by atoms with Crippen molar-refractivity contribution in [3.05, 3.63) is 66.0 Å². The fourth-order valence-corrected chi connectivity index (χ4v) is 3.80. The number of ketones is 1. The average Bonchev–Trinajstić information content (AvgIpc) is 3.13. The summed E-state index contributed by atoms with van der Waals surface area (Å²) in [6, 6.07) is 17.4. The Kier molecular flexibility index (Phi) is 5.10. The van der Waals surface area contributed by atoms with Gasteiger partial charge in [-0.1, -0.05) is 42.5 Å². The monoisotopic (exact) mass is 377 g/mol. The Balaban J connectivity index is 1.52. The van der Waals surface area contributed by atoms with Crippen LogP contribution in [0.15, 0.2) is 54.6 Å². The topological polar surface area (TPSA) is 64.4 Å². The van der Waals surface area contributed by atoms with Crippen LogP contribution in [0.4, 0.5) is 4.79 Å². The quantitative estimate of drug-likeness (QED) is 0.639. The minimum absolute atomic E-state index is 0.00400. The lowest BCUT2D eigenvalue weighted by atomic mass is 10.1. The van der Waals surface area contributed by atoms with Crippen LogP contribution in [-0.2, 0) is 11.3 Å². The van der Waals surface area contributed by atoms with Crippen molar-refractivity contribution >= 4 is 22.9 Å². The number of aromatic nitrogens is 2. The van der Waals surface area contributed by atoms with E-state index in [-0.39, 0.29) is 24.5 Å². The number of para-hydroxylation sites is 2. The number of hydrogen-bond donors (Lipinski definition) is 0. The minimum Gasteiger partial charge on any atom is -0.445 e. The van der Waals surface area contributed by atoms with Gasteiger partial charge in [0.1, 0.15) is 6.61 Å². The van der Waals surface area contributed by atoms with E-state index in [2.05, 4.69) is 4.98 Å². The van der Waals surface area contributed by atoms with Gasteiger partial charge in [-0.2, -0.15) is 0 Å². The molecule has 3 aromatic rings. The highest BCUT2D eigenvalue weighted by Gasteiger charge is 2.29. The molecule has 1 amide bonds. The molecule has 1 aliphatic rings. The first-order valence-electron chi connectivity index (χ1n) is 9.57. The molecule has 0 radical (unpaired) electrons. The molecule has 6 heteroatoms. The molecule has 1 atom stereocenters. The van der Waals surface area contributed by atoms with Crippen LogP contribution in [0.5, 0.6) is 0 Å². The summed E-state index contributed by atoms with van der Waals surface area (Å²) in [5, 5.41) is 0. The summed E-state index contributed by atoms with van der Waals surface area (Å²) in [7, 11) is 0. The van der Waals surface area contributed by atoms with Crippen molar-refractivity contribution in [2.45, 2.75) is 32.4 Å². The van der Waals surface area contributed by atoms with Gasteiger partial charge in [0.05, 0.1) is 17.1 Å². The van der Waals surface area contributed by atoms with Gasteiger partial charge in [0, 0.05) is 20.0 Å². The zero-order valence-electron chi connectivity index (χ0n) is 15.9. The lowest BCUT2D eigenvalue weighted by molar-refractivity contribution is 0.0799. The van der Waals surface area contributed by atoms with Crippen LogP contribution >= 0.6 is 0 Å². The number of nitrogens with zero attached hydrogens (tertiary/aromatic N) is 3. The molecule has 144 valence electrons. The van der Waals surface area contributed by atoms with E-state index in [4.69, 9.17) is 4.74 Å². The molecule has 0 spiro atoms. The molecular formula is C22H23N3O3. The Morgan fingerprint density at radius 1 is 1.11 bits per heavy atom. The van der Waals surface area contributed by atoms with Crippen LogP contribution in [0.3, 0.4) is 0 Å². The van der Waals surface area contributed by atoms with Gasteiger partial charge >= 0.3 is 6.09 Å². The maximum Gasteiger partial charge on any atom is 0.410 e. The van der Waals surface area contributed by atoms with Gasteiger partial charge in [0.2, 0.25) is 0 Å². The summed E-state index contributed by atoms with van der Waals surface area (Å²) < 4.78 is 7.49. The fourth-order valence-electron chi connectivity index (χ4n) is 3.80. The van der Waals surface area contributed by atoms with Crippen molar-refractivity contribution in [1.82, 2.24) is 14.5 Å². The number of ether oxygens (including phenoxy) is 1. The summed E-state index contributed by atoms with van der Waals surface area (Å²) in [6.45, 7) is 2.96. The van der Waals surface area contributed by atoms with Gasteiger partial charge in [-0.15, -0.1) is 0 Å². The number of fused-ring (bicyclic) bond motifs is 1. The van der Waals surface area contributed by atoms with E-state index < -0.39 is 0 Å². The second-order valence-electron chi connectivity index (χ2n) is 7.13. The van der Waals surface area contributed by atoms with E-state index in [1.807, 2.05) is 59.2 Å². The molecule has 6 nitrogen and oxygen atoms in total. The molecule has 1 aromatic heterocycles. The van der Waals surface area contributed by atoms with Crippen LogP contribution in [0.1, 0.15) is 42.0 Å². The number of rotatable bonds is 4. The van der Waals surface area contributed by atoms with Crippen LogP contribution in [0, 0.1) is 0 Å². The molecule has 0 aliphatic carbocycles. The van der Waals surface area contributed by atoms with Gasteiger partial charge in [0.15, 0.2) is 11.6 Å². The second-order valence-corrected chi connectivity index (χ2v) is 7.13. The number of piperidine rings is 1. The number of hydrogen-bond acceptors (Lipinski definition) is 4. The van der Waals surface area contributed by atoms with Crippen molar-refractivity contribution in [2.75, 3.05) is 13.1 Å². The third kappa shape index (κ3) is 3.63. The first-order valence-corrected chi connectivity index (χ1v) is 9.57. The standard InChI is InChI=1S/C22H23N3O3/c1-16(26)21-23-19-11-5-6-12-20(19)25(21)18-10-7-13-24(14-18)22(27)28-15-17-8-3-2-4-9-17/h2-6,8-9,11-12,18H,7,10,13-15H2,1H3. The highest BCUT2D eigenvalue weighted by molar-refractivity contribution is 5.94. The molecule has 2 heterocycles. The first kappa shape index (κ1) is 18.2. The molecule has 28 heavy (non-hydrogen) atoms. The second kappa shape index (κ2) is 7.84. The average molecular weight is 377 g/mol. The van der Waals surface area contributed by atoms with Crippen LogP contribution < -0.4 is 0 Å². The minimum atomic E-state index is -0.317. The molecule has 1 saturated heterocycles. The number of carbonyl (C=O) groups is 2. The molecule has 1 fully saturated rings. The third-order valence-corrected chi connectivity index (χ3v) is 5.14. The molecule has 2 aromatic carbocycles. The molecule has 1 unspecified atom stereocenters. The molecule has 0 bridgehead atoms.